The predicted octanol–water partition coefficient (Wildman–Crippen LogP) is 1.17. The number of likely N-dealkylation sites (tertiary alicyclic amines) is 1. The number of esters is 1. The van der Waals surface area contributed by atoms with Crippen LogP contribution in [-0.2, 0) is 14.3 Å². The van der Waals surface area contributed by atoms with E-state index in [1.807, 2.05) is 0 Å². The molecule has 0 aromatic rings. The van der Waals surface area contributed by atoms with Crippen LogP contribution in [0.25, 0.3) is 0 Å². The Labute approximate surface area is 113 Å². The van der Waals surface area contributed by atoms with Crippen LogP contribution in [0.2, 0.25) is 0 Å². The Bertz CT molecular complexity index is 336. The molecule has 1 rings (SSSR count). The molecule has 1 saturated heterocycles. The fourth-order valence-electron chi connectivity index (χ4n) is 2.02. The summed E-state index contributed by atoms with van der Waals surface area (Å²) in [7, 11) is 1.33. The Hall–Kier alpha value is -1.30. The normalized spacial score (nSPS) is 23.3. The fraction of sp³-hybridized carbons (Fsp3) is 0.846. The molecule has 2 unspecified atom stereocenters. The van der Waals surface area contributed by atoms with Crippen molar-refractivity contribution in [3.8, 4) is 0 Å². The van der Waals surface area contributed by atoms with Gasteiger partial charge in [-0.3, -0.25) is 4.79 Å². The monoisotopic (exact) mass is 273 g/mol. The first-order valence-electron chi connectivity index (χ1n) is 6.45. The van der Waals surface area contributed by atoms with Gasteiger partial charge in [0, 0.05) is 18.9 Å². The molecule has 0 saturated carbocycles. The highest BCUT2D eigenvalue weighted by molar-refractivity contribution is 5.69. The quantitative estimate of drug-likeness (QED) is 0.781. The first-order valence-corrected chi connectivity index (χ1v) is 6.45. The maximum absolute atomic E-state index is 11.8. The number of ether oxygens (including phenoxy) is 2. The van der Waals surface area contributed by atoms with Crippen molar-refractivity contribution in [3.63, 3.8) is 0 Å². The highest BCUT2D eigenvalue weighted by Gasteiger charge is 2.36. The van der Waals surface area contributed by atoms with Crippen molar-refractivity contribution in [1.82, 2.24) is 4.90 Å². The number of carbonyl (C=O) groups is 2. The minimum absolute atomic E-state index is 0.105. The van der Waals surface area contributed by atoms with Gasteiger partial charge in [0.05, 0.1) is 19.8 Å². The van der Waals surface area contributed by atoms with Crippen LogP contribution in [0.4, 0.5) is 4.79 Å². The summed E-state index contributed by atoms with van der Waals surface area (Å²) < 4.78 is 9.81. The summed E-state index contributed by atoms with van der Waals surface area (Å²) in [5.41, 5.74) is -0.549. The molecular weight excluding hydrogens is 250 g/mol. The summed E-state index contributed by atoms with van der Waals surface area (Å²) in [4.78, 5) is 24.4. The van der Waals surface area contributed by atoms with Crippen molar-refractivity contribution in [2.75, 3.05) is 20.2 Å². The van der Waals surface area contributed by atoms with Crippen molar-refractivity contribution in [2.24, 2.45) is 5.92 Å². The van der Waals surface area contributed by atoms with Gasteiger partial charge in [0.2, 0.25) is 0 Å². The molecule has 1 heterocycles. The van der Waals surface area contributed by atoms with E-state index in [-0.39, 0.29) is 24.9 Å². The van der Waals surface area contributed by atoms with E-state index in [1.165, 1.54) is 12.0 Å². The second-order valence-electron chi connectivity index (χ2n) is 5.83. The van der Waals surface area contributed by atoms with Gasteiger partial charge in [0.15, 0.2) is 0 Å². The number of hydrogen-bond donors (Lipinski definition) is 1. The van der Waals surface area contributed by atoms with Gasteiger partial charge in [-0.15, -0.1) is 0 Å². The molecule has 0 radical (unpaired) electrons. The Balaban J connectivity index is 2.45. The molecule has 0 aliphatic carbocycles. The first-order chi connectivity index (χ1) is 8.73. The van der Waals surface area contributed by atoms with Gasteiger partial charge < -0.3 is 19.5 Å². The number of hydrogen-bond acceptors (Lipinski definition) is 5. The van der Waals surface area contributed by atoms with Gasteiger partial charge in [-0.25, -0.2) is 4.79 Å². The molecule has 1 N–H and O–H groups in total. The number of rotatable bonds is 3. The van der Waals surface area contributed by atoms with Crippen molar-refractivity contribution in [2.45, 2.75) is 45.3 Å². The maximum atomic E-state index is 11.8. The highest BCUT2D eigenvalue weighted by atomic mass is 16.6. The van der Waals surface area contributed by atoms with E-state index in [1.54, 1.807) is 20.8 Å². The highest BCUT2D eigenvalue weighted by Crippen LogP contribution is 2.23. The van der Waals surface area contributed by atoms with E-state index in [4.69, 9.17) is 4.74 Å². The van der Waals surface area contributed by atoms with E-state index >= 15 is 0 Å². The van der Waals surface area contributed by atoms with E-state index in [0.717, 1.165) is 0 Å². The lowest BCUT2D eigenvalue weighted by atomic mass is 10.0. The van der Waals surface area contributed by atoms with Crippen LogP contribution in [0.1, 0.15) is 33.6 Å². The zero-order chi connectivity index (χ0) is 14.6. The van der Waals surface area contributed by atoms with E-state index in [0.29, 0.717) is 13.0 Å². The SMILES string of the molecule is COC(=O)CCC1CN(C(=O)OC(C)(C)C)CC1O. The van der Waals surface area contributed by atoms with E-state index in [9.17, 15) is 14.7 Å². The molecule has 19 heavy (non-hydrogen) atoms. The zero-order valence-corrected chi connectivity index (χ0v) is 12.0. The third-order valence-corrected chi connectivity index (χ3v) is 3.01. The van der Waals surface area contributed by atoms with Crippen LogP contribution in [0, 0.1) is 5.92 Å². The molecule has 0 bridgehead atoms. The minimum atomic E-state index is -0.614. The molecule has 0 aromatic heterocycles. The molecular formula is C13H23NO5. The van der Waals surface area contributed by atoms with Gasteiger partial charge in [0.1, 0.15) is 5.60 Å². The van der Waals surface area contributed by atoms with Crippen molar-refractivity contribution in [3.05, 3.63) is 0 Å². The standard InChI is InChI=1S/C13H23NO5/c1-13(2,3)19-12(17)14-7-9(10(15)8-14)5-6-11(16)18-4/h9-10,15H,5-8H2,1-4H3. The minimum Gasteiger partial charge on any atom is -0.469 e. The van der Waals surface area contributed by atoms with Crippen LogP contribution in [0.3, 0.4) is 0 Å². The Morgan fingerprint density at radius 3 is 2.47 bits per heavy atom. The van der Waals surface area contributed by atoms with Gasteiger partial charge in [-0.05, 0) is 27.2 Å². The van der Waals surface area contributed by atoms with Crippen molar-refractivity contribution in [1.29, 1.82) is 0 Å². The van der Waals surface area contributed by atoms with E-state index in [2.05, 4.69) is 4.74 Å². The molecule has 0 spiro atoms. The summed E-state index contributed by atoms with van der Waals surface area (Å²) >= 11 is 0. The van der Waals surface area contributed by atoms with Crippen LogP contribution in [0.5, 0.6) is 0 Å². The zero-order valence-electron chi connectivity index (χ0n) is 12.0. The third kappa shape index (κ3) is 5.06. The summed E-state index contributed by atoms with van der Waals surface area (Å²) in [5.74, 6) is -0.408. The number of aliphatic hydroxyl groups is 1. The van der Waals surface area contributed by atoms with Gasteiger partial charge >= 0.3 is 12.1 Å². The Kier molecular flexibility index (Phi) is 5.17. The van der Waals surface area contributed by atoms with Gasteiger partial charge in [-0.1, -0.05) is 0 Å². The van der Waals surface area contributed by atoms with E-state index < -0.39 is 17.8 Å². The van der Waals surface area contributed by atoms with Crippen molar-refractivity contribution < 1.29 is 24.2 Å². The Morgan fingerprint density at radius 2 is 1.95 bits per heavy atom. The van der Waals surface area contributed by atoms with Crippen LogP contribution < -0.4 is 0 Å². The second-order valence-corrected chi connectivity index (χ2v) is 5.83. The fourth-order valence-corrected chi connectivity index (χ4v) is 2.02. The summed E-state index contributed by atoms with van der Waals surface area (Å²) in [6, 6.07) is 0. The average molecular weight is 273 g/mol. The lowest BCUT2D eigenvalue weighted by Gasteiger charge is -2.24. The molecule has 1 fully saturated rings. The number of amides is 1. The molecule has 110 valence electrons. The van der Waals surface area contributed by atoms with Crippen LogP contribution in [0.15, 0.2) is 0 Å². The summed E-state index contributed by atoms with van der Waals surface area (Å²) in [6.45, 7) is 6.05. The molecule has 1 aliphatic heterocycles. The largest absolute Gasteiger partial charge is 0.469 e. The lowest BCUT2D eigenvalue weighted by molar-refractivity contribution is -0.141. The Morgan fingerprint density at radius 1 is 1.32 bits per heavy atom. The molecule has 1 aliphatic rings. The van der Waals surface area contributed by atoms with Crippen LogP contribution >= 0.6 is 0 Å². The average Bonchev–Trinajstić information content (AvgIpc) is 2.65. The van der Waals surface area contributed by atoms with Crippen molar-refractivity contribution >= 4 is 12.1 Å². The first kappa shape index (κ1) is 15.8. The number of nitrogens with zero attached hydrogens (tertiary/aromatic N) is 1. The molecule has 1 amide bonds. The number of methoxy groups -OCH3 is 1. The topological polar surface area (TPSA) is 76.1 Å². The third-order valence-electron chi connectivity index (χ3n) is 3.01. The van der Waals surface area contributed by atoms with Crippen LogP contribution in [-0.4, -0.2) is 54.0 Å². The molecule has 2 atom stereocenters. The summed E-state index contributed by atoms with van der Waals surface area (Å²) in [6.07, 6.45) is -0.280. The summed E-state index contributed by atoms with van der Waals surface area (Å²) in [5, 5.41) is 9.89. The number of carbonyl (C=O) groups excluding carboxylic acids is 2. The van der Waals surface area contributed by atoms with Gasteiger partial charge in [-0.2, -0.15) is 0 Å². The number of β-amino-alcohol motifs (C(OH)–C–C–N with tert-alkyl or cyclic N) is 1. The van der Waals surface area contributed by atoms with Gasteiger partial charge in [0.25, 0.3) is 0 Å². The predicted molar refractivity (Wildman–Crippen MR) is 68.6 cm³/mol. The smallest absolute Gasteiger partial charge is 0.410 e. The lowest BCUT2D eigenvalue weighted by Crippen LogP contribution is -2.35. The molecule has 6 heteroatoms. The molecule has 6 nitrogen and oxygen atoms in total. The molecule has 0 aromatic carbocycles. The maximum Gasteiger partial charge on any atom is 0.410 e. The number of aliphatic hydroxyl groups excluding tert-OH is 1. The second kappa shape index (κ2) is 6.23.